The van der Waals surface area contributed by atoms with E-state index in [0.29, 0.717) is 11.4 Å². The average Bonchev–Trinajstić information content (AvgIpc) is 2.80. The molecule has 0 radical (unpaired) electrons. The van der Waals surface area contributed by atoms with E-state index in [2.05, 4.69) is 15.3 Å². The molecule has 1 amide bonds. The third-order valence-corrected chi connectivity index (χ3v) is 3.09. The minimum absolute atomic E-state index is 0.0499. The van der Waals surface area contributed by atoms with Gasteiger partial charge in [-0.05, 0) is 25.3 Å². The Morgan fingerprint density at radius 2 is 2.28 bits per heavy atom. The number of nitrogen functional groups attached to an aromatic ring is 1. The number of hydrogen-bond donors (Lipinski definition) is 2. The van der Waals surface area contributed by atoms with Gasteiger partial charge in [0.1, 0.15) is 5.82 Å². The molecule has 94 valence electrons. The van der Waals surface area contributed by atoms with Crippen LogP contribution in [0.1, 0.15) is 24.2 Å². The summed E-state index contributed by atoms with van der Waals surface area (Å²) < 4.78 is 0. The van der Waals surface area contributed by atoms with E-state index in [-0.39, 0.29) is 17.8 Å². The largest absolute Gasteiger partial charge is 0.383 e. The topological polar surface area (TPSA) is 80.9 Å². The van der Waals surface area contributed by atoms with Crippen LogP contribution in [0.15, 0.2) is 23.7 Å². The number of hydrogen-bond acceptors (Lipinski definition) is 5. The lowest BCUT2D eigenvalue weighted by Gasteiger charge is -2.09. The first-order chi connectivity index (χ1) is 8.58. The lowest BCUT2D eigenvalue weighted by Crippen LogP contribution is -2.31. The molecule has 0 saturated heterocycles. The van der Waals surface area contributed by atoms with Gasteiger partial charge < -0.3 is 11.1 Å². The summed E-state index contributed by atoms with van der Waals surface area (Å²) in [5, 5.41) is 4.70. The Bertz CT molecular complexity index is 551. The number of carbonyl (C=O) groups is 1. The highest BCUT2D eigenvalue weighted by Crippen LogP contribution is 2.22. The van der Waals surface area contributed by atoms with Crippen LogP contribution in [0.3, 0.4) is 0 Å². The van der Waals surface area contributed by atoms with Crippen molar-refractivity contribution in [1.82, 2.24) is 15.3 Å². The van der Waals surface area contributed by atoms with Crippen LogP contribution in [-0.4, -0.2) is 21.9 Å². The maximum Gasteiger partial charge on any atom is 0.256 e. The Morgan fingerprint density at radius 3 is 2.83 bits per heavy atom. The normalized spacial score (nSPS) is 10.6. The van der Waals surface area contributed by atoms with E-state index in [1.165, 1.54) is 17.5 Å². The molecule has 2 heterocycles. The molecule has 6 heteroatoms. The molecule has 3 N–H and O–H groups in total. The van der Waals surface area contributed by atoms with Crippen molar-refractivity contribution in [2.24, 2.45) is 0 Å². The van der Waals surface area contributed by atoms with Crippen molar-refractivity contribution in [2.45, 2.75) is 19.9 Å². The Labute approximate surface area is 109 Å². The van der Waals surface area contributed by atoms with Crippen molar-refractivity contribution in [3.63, 3.8) is 0 Å². The Morgan fingerprint density at radius 1 is 1.50 bits per heavy atom. The third-order valence-electron chi connectivity index (χ3n) is 2.22. The summed E-state index contributed by atoms with van der Waals surface area (Å²) in [5.74, 6) is 0.496. The van der Waals surface area contributed by atoms with E-state index in [0.717, 1.165) is 4.88 Å². The van der Waals surface area contributed by atoms with Gasteiger partial charge in [-0.25, -0.2) is 9.97 Å². The zero-order valence-electron chi connectivity index (χ0n) is 10.2. The third kappa shape index (κ3) is 2.65. The minimum atomic E-state index is -0.250. The highest BCUT2D eigenvalue weighted by atomic mass is 32.1. The first-order valence-corrected chi connectivity index (χ1v) is 6.43. The number of nitrogens with zero attached hydrogens (tertiary/aromatic N) is 2. The molecule has 0 saturated carbocycles. The van der Waals surface area contributed by atoms with Crippen LogP contribution >= 0.6 is 11.3 Å². The maximum absolute atomic E-state index is 11.8. The van der Waals surface area contributed by atoms with Gasteiger partial charge in [0.05, 0.1) is 10.4 Å². The number of nitrogens with one attached hydrogen (secondary N) is 1. The van der Waals surface area contributed by atoms with E-state index in [1.54, 1.807) is 0 Å². The lowest BCUT2D eigenvalue weighted by molar-refractivity contribution is 0.0943. The first-order valence-electron chi connectivity index (χ1n) is 5.55. The lowest BCUT2D eigenvalue weighted by atomic mass is 10.2. The van der Waals surface area contributed by atoms with Crippen LogP contribution in [-0.2, 0) is 0 Å². The Balaban J connectivity index is 2.28. The van der Waals surface area contributed by atoms with E-state index in [1.807, 2.05) is 31.4 Å². The molecule has 0 aliphatic rings. The molecule has 2 rings (SSSR count). The van der Waals surface area contributed by atoms with Gasteiger partial charge in [0.25, 0.3) is 5.91 Å². The quantitative estimate of drug-likeness (QED) is 0.885. The predicted octanol–water partition coefficient (Wildman–Crippen LogP) is 1.93. The summed E-state index contributed by atoms with van der Waals surface area (Å²) in [6.45, 7) is 3.77. The Hall–Kier alpha value is -1.95. The van der Waals surface area contributed by atoms with Crippen molar-refractivity contribution in [3.8, 4) is 10.7 Å². The number of carbonyl (C=O) groups excluding carboxylic acids is 1. The molecule has 0 unspecified atom stereocenters. The second-order valence-corrected chi connectivity index (χ2v) is 5.05. The molecule has 0 aromatic carbocycles. The number of aromatic nitrogens is 2. The summed E-state index contributed by atoms with van der Waals surface area (Å²) in [6.07, 6.45) is 1.47. The zero-order valence-corrected chi connectivity index (χ0v) is 11.0. The van der Waals surface area contributed by atoms with Gasteiger partial charge >= 0.3 is 0 Å². The zero-order chi connectivity index (χ0) is 13.1. The molecule has 0 aliphatic carbocycles. The van der Waals surface area contributed by atoms with Crippen LogP contribution in [0.4, 0.5) is 5.82 Å². The van der Waals surface area contributed by atoms with E-state index < -0.39 is 0 Å². The molecular formula is C12H14N4OS. The molecule has 0 spiro atoms. The van der Waals surface area contributed by atoms with Crippen molar-refractivity contribution in [1.29, 1.82) is 0 Å². The van der Waals surface area contributed by atoms with E-state index in [4.69, 9.17) is 5.73 Å². The number of nitrogens with two attached hydrogens (primary N) is 1. The Kier molecular flexibility index (Phi) is 3.57. The number of rotatable bonds is 3. The molecule has 5 nitrogen and oxygen atoms in total. The van der Waals surface area contributed by atoms with Crippen molar-refractivity contribution >= 4 is 23.1 Å². The summed E-state index contributed by atoms with van der Waals surface area (Å²) in [6, 6.07) is 3.88. The molecule has 2 aromatic heterocycles. The van der Waals surface area contributed by atoms with Gasteiger partial charge in [0, 0.05) is 12.2 Å². The van der Waals surface area contributed by atoms with Crippen LogP contribution < -0.4 is 11.1 Å². The second-order valence-electron chi connectivity index (χ2n) is 4.10. The molecule has 18 heavy (non-hydrogen) atoms. The van der Waals surface area contributed by atoms with Crippen LogP contribution in [0.5, 0.6) is 0 Å². The number of amides is 1. The fourth-order valence-electron chi connectivity index (χ4n) is 1.43. The van der Waals surface area contributed by atoms with E-state index in [9.17, 15) is 4.79 Å². The molecule has 0 fully saturated rings. The minimum Gasteiger partial charge on any atom is -0.383 e. The number of thiophene rings is 1. The van der Waals surface area contributed by atoms with Crippen LogP contribution in [0.2, 0.25) is 0 Å². The summed E-state index contributed by atoms with van der Waals surface area (Å²) >= 11 is 1.53. The molecule has 0 atom stereocenters. The predicted molar refractivity (Wildman–Crippen MR) is 72.4 cm³/mol. The summed E-state index contributed by atoms with van der Waals surface area (Å²) in [7, 11) is 0. The summed E-state index contributed by atoms with van der Waals surface area (Å²) in [4.78, 5) is 21.1. The fourth-order valence-corrected chi connectivity index (χ4v) is 2.10. The molecular weight excluding hydrogens is 248 g/mol. The highest BCUT2D eigenvalue weighted by molar-refractivity contribution is 7.13. The van der Waals surface area contributed by atoms with Crippen LogP contribution in [0, 0.1) is 0 Å². The van der Waals surface area contributed by atoms with Gasteiger partial charge in [-0.1, -0.05) is 6.07 Å². The van der Waals surface area contributed by atoms with Gasteiger partial charge in [-0.15, -0.1) is 11.3 Å². The maximum atomic E-state index is 11.8. The highest BCUT2D eigenvalue weighted by Gasteiger charge is 2.14. The average molecular weight is 262 g/mol. The number of anilines is 1. The van der Waals surface area contributed by atoms with Gasteiger partial charge in [0.15, 0.2) is 5.82 Å². The van der Waals surface area contributed by atoms with Crippen molar-refractivity contribution in [2.75, 3.05) is 5.73 Å². The fraction of sp³-hybridized carbons (Fsp3) is 0.250. The molecule has 2 aromatic rings. The van der Waals surface area contributed by atoms with E-state index >= 15 is 0 Å². The van der Waals surface area contributed by atoms with Gasteiger partial charge in [-0.3, -0.25) is 4.79 Å². The first kappa shape index (κ1) is 12.5. The van der Waals surface area contributed by atoms with Crippen molar-refractivity contribution in [3.05, 3.63) is 29.3 Å². The second kappa shape index (κ2) is 5.14. The monoisotopic (exact) mass is 262 g/mol. The molecule has 0 aliphatic heterocycles. The molecule has 0 bridgehead atoms. The SMILES string of the molecule is CC(C)NC(=O)c1cnc(-c2cccs2)nc1N. The van der Waals surface area contributed by atoms with Gasteiger partial charge in [-0.2, -0.15) is 0 Å². The standard InChI is InChI=1S/C12H14N4OS/c1-7(2)15-12(17)8-6-14-11(16-10(8)13)9-4-3-5-18-9/h3-7H,1-2H3,(H,15,17)(H2,13,14,16). The summed E-state index contributed by atoms with van der Waals surface area (Å²) in [5.41, 5.74) is 6.11. The van der Waals surface area contributed by atoms with Crippen molar-refractivity contribution < 1.29 is 4.79 Å². The van der Waals surface area contributed by atoms with Gasteiger partial charge in [0.2, 0.25) is 0 Å². The smallest absolute Gasteiger partial charge is 0.256 e. The van der Waals surface area contributed by atoms with Crippen LogP contribution in [0.25, 0.3) is 10.7 Å².